The summed E-state index contributed by atoms with van der Waals surface area (Å²) in [6.45, 7) is 1.44. The first-order chi connectivity index (χ1) is 6.65. The van der Waals surface area contributed by atoms with Gasteiger partial charge in [-0.25, -0.2) is 4.39 Å². The van der Waals surface area contributed by atoms with E-state index in [0.29, 0.717) is 0 Å². The Hall–Kier alpha value is -1.49. The number of rotatable bonds is 3. The van der Waals surface area contributed by atoms with Gasteiger partial charge in [0.05, 0.1) is 18.4 Å². The molecule has 0 radical (unpaired) electrons. The predicted octanol–water partition coefficient (Wildman–Crippen LogP) is 0.331. The van der Waals surface area contributed by atoms with Crippen LogP contribution in [0.2, 0.25) is 0 Å². The molecule has 5 heteroatoms. The molecule has 0 aliphatic rings. The highest BCUT2D eigenvalue weighted by atomic mass is 19.1. The summed E-state index contributed by atoms with van der Waals surface area (Å²) in [7, 11) is 0. The van der Waals surface area contributed by atoms with E-state index >= 15 is 0 Å². The number of amides is 1. The maximum Gasteiger partial charge on any atom is 0.254 e. The lowest BCUT2D eigenvalue weighted by molar-refractivity contribution is 0.0918. The van der Waals surface area contributed by atoms with Crippen LogP contribution in [0.5, 0.6) is 0 Å². The van der Waals surface area contributed by atoms with E-state index in [4.69, 9.17) is 5.11 Å². The molecule has 0 saturated carbocycles. The molecular weight excluding hydrogens is 187 g/mol. The quantitative estimate of drug-likeness (QED) is 0.735. The van der Waals surface area contributed by atoms with Crippen LogP contribution >= 0.6 is 0 Å². The summed E-state index contributed by atoms with van der Waals surface area (Å²) in [5.74, 6) is -1.22. The van der Waals surface area contributed by atoms with Gasteiger partial charge in [-0.3, -0.25) is 9.78 Å². The van der Waals surface area contributed by atoms with E-state index in [-0.39, 0.29) is 12.2 Å². The number of aliphatic hydroxyl groups is 1. The smallest absolute Gasteiger partial charge is 0.254 e. The first kappa shape index (κ1) is 10.6. The zero-order valence-corrected chi connectivity index (χ0v) is 7.70. The van der Waals surface area contributed by atoms with Gasteiger partial charge in [-0.05, 0) is 13.0 Å². The number of nitrogens with zero attached hydrogens (tertiary/aromatic N) is 1. The second kappa shape index (κ2) is 4.66. The summed E-state index contributed by atoms with van der Waals surface area (Å²) in [5, 5.41) is 11.1. The largest absolute Gasteiger partial charge is 0.394 e. The summed E-state index contributed by atoms with van der Waals surface area (Å²) in [6.07, 6.45) is 2.31. The van der Waals surface area contributed by atoms with E-state index in [1.54, 1.807) is 6.92 Å². The topological polar surface area (TPSA) is 62.2 Å². The van der Waals surface area contributed by atoms with Crippen molar-refractivity contribution in [2.24, 2.45) is 0 Å². The van der Waals surface area contributed by atoms with Gasteiger partial charge in [0.25, 0.3) is 5.91 Å². The number of carbonyl (C=O) groups excluding carboxylic acids is 1. The molecule has 1 aromatic rings. The molecule has 0 spiro atoms. The molecule has 76 valence electrons. The SMILES string of the molecule is C[C@H](CO)NC(=O)c1ccncc1F. The monoisotopic (exact) mass is 198 g/mol. The van der Waals surface area contributed by atoms with Crippen molar-refractivity contribution in [1.82, 2.24) is 10.3 Å². The third kappa shape index (κ3) is 2.50. The molecule has 0 bridgehead atoms. The number of carbonyl (C=O) groups is 1. The molecule has 1 rings (SSSR count). The number of nitrogens with one attached hydrogen (secondary N) is 1. The van der Waals surface area contributed by atoms with Crippen LogP contribution in [0.3, 0.4) is 0 Å². The first-order valence-corrected chi connectivity index (χ1v) is 4.16. The molecule has 1 heterocycles. The number of hydrogen-bond donors (Lipinski definition) is 2. The average Bonchev–Trinajstić information content (AvgIpc) is 2.18. The van der Waals surface area contributed by atoms with Crippen molar-refractivity contribution in [1.29, 1.82) is 0 Å². The van der Waals surface area contributed by atoms with Crippen LogP contribution in [-0.4, -0.2) is 28.6 Å². The molecule has 0 fully saturated rings. The fourth-order valence-corrected chi connectivity index (χ4v) is 0.907. The number of aliphatic hydroxyl groups excluding tert-OH is 1. The third-order valence-electron chi connectivity index (χ3n) is 1.67. The molecule has 0 unspecified atom stereocenters. The lowest BCUT2D eigenvalue weighted by Gasteiger charge is -2.10. The Morgan fingerprint density at radius 1 is 1.79 bits per heavy atom. The highest BCUT2D eigenvalue weighted by molar-refractivity contribution is 5.94. The van der Waals surface area contributed by atoms with Crippen LogP contribution < -0.4 is 5.32 Å². The Balaban J connectivity index is 2.75. The highest BCUT2D eigenvalue weighted by Gasteiger charge is 2.12. The Kier molecular flexibility index (Phi) is 3.53. The van der Waals surface area contributed by atoms with Crippen LogP contribution in [0.4, 0.5) is 4.39 Å². The molecule has 1 aromatic heterocycles. The average molecular weight is 198 g/mol. The zero-order valence-electron chi connectivity index (χ0n) is 7.70. The van der Waals surface area contributed by atoms with Gasteiger partial charge in [0.1, 0.15) is 0 Å². The summed E-state index contributed by atoms with van der Waals surface area (Å²) in [4.78, 5) is 14.9. The molecule has 0 aliphatic heterocycles. The van der Waals surface area contributed by atoms with Crippen molar-refractivity contribution in [3.05, 3.63) is 29.8 Å². The molecule has 0 aromatic carbocycles. The Morgan fingerprint density at radius 2 is 2.50 bits per heavy atom. The number of pyridine rings is 1. The van der Waals surface area contributed by atoms with Gasteiger partial charge in [0.15, 0.2) is 5.82 Å². The molecule has 4 nitrogen and oxygen atoms in total. The molecule has 0 aliphatic carbocycles. The second-order valence-corrected chi connectivity index (χ2v) is 2.91. The lowest BCUT2D eigenvalue weighted by atomic mass is 10.2. The lowest BCUT2D eigenvalue weighted by Crippen LogP contribution is -2.35. The van der Waals surface area contributed by atoms with Crippen molar-refractivity contribution >= 4 is 5.91 Å². The number of aromatic nitrogens is 1. The molecule has 1 amide bonds. The normalized spacial score (nSPS) is 12.2. The van der Waals surface area contributed by atoms with Crippen LogP contribution in [0.1, 0.15) is 17.3 Å². The number of halogens is 1. The van der Waals surface area contributed by atoms with Gasteiger partial charge >= 0.3 is 0 Å². The second-order valence-electron chi connectivity index (χ2n) is 2.91. The molecule has 2 N–H and O–H groups in total. The Morgan fingerprint density at radius 3 is 3.07 bits per heavy atom. The first-order valence-electron chi connectivity index (χ1n) is 4.16. The summed E-state index contributed by atoms with van der Waals surface area (Å²) in [5.41, 5.74) is -0.0692. The van der Waals surface area contributed by atoms with Crippen LogP contribution in [0, 0.1) is 5.82 Å². The number of hydrogen-bond acceptors (Lipinski definition) is 3. The standard InChI is InChI=1S/C9H11FN2O2/c1-6(5-13)12-9(14)7-2-3-11-4-8(7)10/h2-4,6,13H,5H2,1H3,(H,12,14)/t6-/m1/s1. The van der Waals surface area contributed by atoms with Gasteiger partial charge in [0.2, 0.25) is 0 Å². The minimum Gasteiger partial charge on any atom is -0.394 e. The van der Waals surface area contributed by atoms with Gasteiger partial charge < -0.3 is 10.4 Å². The van der Waals surface area contributed by atoms with Crippen molar-refractivity contribution < 1.29 is 14.3 Å². The third-order valence-corrected chi connectivity index (χ3v) is 1.67. The molecule has 1 atom stereocenters. The summed E-state index contributed by atoms with van der Waals surface area (Å²) in [6, 6.07) is 0.893. The predicted molar refractivity (Wildman–Crippen MR) is 48.2 cm³/mol. The van der Waals surface area contributed by atoms with E-state index in [0.717, 1.165) is 6.20 Å². The van der Waals surface area contributed by atoms with Crippen LogP contribution in [0.15, 0.2) is 18.5 Å². The van der Waals surface area contributed by atoms with E-state index < -0.39 is 17.8 Å². The highest BCUT2D eigenvalue weighted by Crippen LogP contribution is 2.04. The van der Waals surface area contributed by atoms with E-state index in [9.17, 15) is 9.18 Å². The minimum absolute atomic E-state index is 0.0692. The Bertz CT molecular complexity index is 330. The molecular formula is C9H11FN2O2. The Labute approximate surface area is 80.8 Å². The van der Waals surface area contributed by atoms with Crippen molar-refractivity contribution in [2.45, 2.75) is 13.0 Å². The zero-order chi connectivity index (χ0) is 10.6. The van der Waals surface area contributed by atoms with Gasteiger partial charge in [-0.1, -0.05) is 0 Å². The van der Waals surface area contributed by atoms with E-state index in [1.165, 1.54) is 12.3 Å². The van der Waals surface area contributed by atoms with E-state index in [1.807, 2.05) is 0 Å². The van der Waals surface area contributed by atoms with Gasteiger partial charge in [0, 0.05) is 12.2 Å². The fourth-order valence-electron chi connectivity index (χ4n) is 0.907. The van der Waals surface area contributed by atoms with E-state index in [2.05, 4.69) is 10.3 Å². The van der Waals surface area contributed by atoms with Crippen molar-refractivity contribution in [2.75, 3.05) is 6.61 Å². The van der Waals surface area contributed by atoms with Crippen molar-refractivity contribution in [3.63, 3.8) is 0 Å². The fraction of sp³-hybridized carbons (Fsp3) is 0.333. The maximum atomic E-state index is 13.0. The molecule has 14 heavy (non-hydrogen) atoms. The van der Waals surface area contributed by atoms with Gasteiger partial charge in [-0.15, -0.1) is 0 Å². The van der Waals surface area contributed by atoms with Crippen LogP contribution in [-0.2, 0) is 0 Å². The maximum absolute atomic E-state index is 13.0. The van der Waals surface area contributed by atoms with Crippen molar-refractivity contribution in [3.8, 4) is 0 Å². The molecule has 0 saturated heterocycles. The minimum atomic E-state index is -0.671. The van der Waals surface area contributed by atoms with Crippen LogP contribution in [0.25, 0.3) is 0 Å². The summed E-state index contributed by atoms with van der Waals surface area (Å²) >= 11 is 0. The van der Waals surface area contributed by atoms with Gasteiger partial charge in [-0.2, -0.15) is 0 Å². The summed E-state index contributed by atoms with van der Waals surface area (Å²) < 4.78 is 13.0.